The van der Waals surface area contributed by atoms with E-state index in [-0.39, 0.29) is 11.7 Å². The van der Waals surface area contributed by atoms with Gasteiger partial charge in [-0.15, -0.1) is 0 Å². The maximum Gasteiger partial charge on any atom is 0.224 e. The highest BCUT2D eigenvalue weighted by molar-refractivity contribution is 9.10. The van der Waals surface area contributed by atoms with Crippen LogP contribution in [0.25, 0.3) is 0 Å². The molecule has 1 atom stereocenters. The Bertz CT molecular complexity index is 466. The van der Waals surface area contributed by atoms with Crippen LogP contribution in [0.3, 0.4) is 0 Å². The number of hydrogen-bond acceptors (Lipinski definition) is 5. The van der Waals surface area contributed by atoms with Gasteiger partial charge in [-0.1, -0.05) is 6.92 Å². The molecule has 1 fully saturated rings. The number of hydrogen-bond donors (Lipinski definition) is 1. The number of nitrogens with one attached hydrogen (secondary N) is 1. The van der Waals surface area contributed by atoms with Crippen LogP contribution in [-0.2, 0) is 4.74 Å². The van der Waals surface area contributed by atoms with Gasteiger partial charge in [0, 0.05) is 25.8 Å². The average molecular weight is 343 g/mol. The van der Waals surface area contributed by atoms with E-state index in [2.05, 4.69) is 63.8 Å². The molecular formula is C14H23BrN4O. The molecule has 2 rings (SSSR count). The van der Waals surface area contributed by atoms with Crippen LogP contribution in [0, 0.1) is 0 Å². The van der Waals surface area contributed by atoms with Gasteiger partial charge in [-0.05, 0) is 43.1 Å². The molecular weight excluding hydrogens is 320 g/mol. The largest absolute Gasteiger partial charge is 0.369 e. The normalized spacial score (nSPS) is 21.9. The third kappa shape index (κ3) is 3.82. The first kappa shape index (κ1) is 15.5. The molecule has 1 aliphatic rings. The Morgan fingerprint density at radius 3 is 2.95 bits per heavy atom. The zero-order chi connectivity index (χ0) is 14.8. The summed E-state index contributed by atoms with van der Waals surface area (Å²) in [6, 6.07) is 0. The van der Waals surface area contributed by atoms with Gasteiger partial charge in [-0.3, -0.25) is 0 Å². The fourth-order valence-electron chi connectivity index (χ4n) is 2.52. The summed E-state index contributed by atoms with van der Waals surface area (Å²) in [5.74, 6) is 1.61. The molecule has 0 aliphatic carbocycles. The quantitative estimate of drug-likeness (QED) is 0.911. The van der Waals surface area contributed by atoms with E-state index in [9.17, 15) is 0 Å². The number of rotatable bonds is 4. The highest BCUT2D eigenvalue weighted by atomic mass is 79.9. The molecule has 5 nitrogen and oxygen atoms in total. The van der Waals surface area contributed by atoms with Crippen molar-refractivity contribution in [1.82, 2.24) is 9.97 Å². The van der Waals surface area contributed by atoms with Crippen LogP contribution in [0.2, 0.25) is 0 Å². The van der Waals surface area contributed by atoms with E-state index in [4.69, 9.17) is 4.74 Å². The van der Waals surface area contributed by atoms with Crippen molar-refractivity contribution < 1.29 is 4.74 Å². The van der Waals surface area contributed by atoms with Gasteiger partial charge in [0.1, 0.15) is 5.82 Å². The monoisotopic (exact) mass is 342 g/mol. The summed E-state index contributed by atoms with van der Waals surface area (Å²) in [4.78, 5) is 11.2. The van der Waals surface area contributed by atoms with E-state index in [0.717, 1.165) is 36.3 Å². The molecule has 1 aliphatic heterocycles. The maximum absolute atomic E-state index is 5.94. The van der Waals surface area contributed by atoms with Gasteiger partial charge >= 0.3 is 0 Å². The molecule has 1 aromatic heterocycles. The summed E-state index contributed by atoms with van der Waals surface area (Å²) < 4.78 is 6.87. The molecule has 0 aromatic carbocycles. The van der Waals surface area contributed by atoms with Crippen LogP contribution < -0.4 is 10.2 Å². The Morgan fingerprint density at radius 2 is 2.30 bits per heavy atom. The molecule has 6 heteroatoms. The maximum atomic E-state index is 5.94. The molecule has 1 saturated heterocycles. The van der Waals surface area contributed by atoms with Gasteiger partial charge < -0.3 is 15.0 Å². The summed E-state index contributed by atoms with van der Waals surface area (Å²) in [5, 5.41) is 3.23. The molecule has 0 saturated carbocycles. The summed E-state index contributed by atoms with van der Waals surface area (Å²) in [6.45, 7) is 11.0. The van der Waals surface area contributed by atoms with Crippen LogP contribution in [0.1, 0.15) is 34.1 Å². The van der Waals surface area contributed by atoms with E-state index in [1.54, 1.807) is 0 Å². The van der Waals surface area contributed by atoms with Gasteiger partial charge in [0.05, 0.1) is 16.2 Å². The van der Waals surface area contributed by atoms with Crippen molar-refractivity contribution in [2.24, 2.45) is 0 Å². The summed E-state index contributed by atoms with van der Waals surface area (Å²) in [7, 11) is 0. The molecule has 112 valence electrons. The van der Waals surface area contributed by atoms with Crippen molar-refractivity contribution in [3.8, 4) is 0 Å². The molecule has 1 aromatic rings. The fourth-order valence-corrected chi connectivity index (χ4v) is 2.96. The highest BCUT2D eigenvalue weighted by Gasteiger charge is 2.32. The van der Waals surface area contributed by atoms with E-state index in [1.165, 1.54) is 0 Å². The number of morpholine rings is 1. The Balaban J connectivity index is 2.22. The van der Waals surface area contributed by atoms with Gasteiger partial charge in [0.2, 0.25) is 5.95 Å². The minimum Gasteiger partial charge on any atom is -0.369 e. The molecule has 1 N–H and O–H groups in total. The first-order valence-electron chi connectivity index (χ1n) is 7.10. The first-order valence-corrected chi connectivity index (χ1v) is 7.90. The van der Waals surface area contributed by atoms with Crippen LogP contribution in [0.15, 0.2) is 10.7 Å². The third-order valence-corrected chi connectivity index (χ3v) is 3.69. The lowest BCUT2D eigenvalue weighted by Gasteiger charge is -2.42. The SMILES string of the molecule is CCCNc1ncc(Br)c(N2CC(C)OC(C)(C)C2)n1. The molecule has 20 heavy (non-hydrogen) atoms. The highest BCUT2D eigenvalue weighted by Crippen LogP contribution is 2.30. The molecule has 0 radical (unpaired) electrons. The lowest BCUT2D eigenvalue weighted by Crippen LogP contribution is -2.52. The van der Waals surface area contributed by atoms with Crippen LogP contribution in [-0.4, -0.2) is 41.3 Å². The van der Waals surface area contributed by atoms with Crippen LogP contribution in [0.4, 0.5) is 11.8 Å². The molecule has 2 heterocycles. The topological polar surface area (TPSA) is 50.3 Å². The van der Waals surface area contributed by atoms with Gasteiger partial charge in [0.25, 0.3) is 0 Å². The van der Waals surface area contributed by atoms with E-state index in [0.29, 0.717) is 5.95 Å². The van der Waals surface area contributed by atoms with Crippen molar-refractivity contribution in [3.63, 3.8) is 0 Å². The Morgan fingerprint density at radius 1 is 1.55 bits per heavy atom. The second kappa shape index (κ2) is 6.26. The minimum absolute atomic E-state index is 0.168. The van der Waals surface area contributed by atoms with Gasteiger partial charge in [0.15, 0.2) is 0 Å². The first-order chi connectivity index (χ1) is 9.41. The molecule has 0 spiro atoms. The lowest BCUT2D eigenvalue weighted by molar-refractivity contribution is -0.0752. The van der Waals surface area contributed by atoms with Crippen molar-refractivity contribution in [2.45, 2.75) is 45.8 Å². The molecule has 0 amide bonds. The summed E-state index contributed by atoms with van der Waals surface area (Å²) in [6.07, 6.45) is 3.05. The Hall–Kier alpha value is -0.880. The van der Waals surface area contributed by atoms with E-state index >= 15 is 0 Å². The average Bonchev–Trinajstić information content (AvgIpc) is 2.35. The van der Waals surface area contributed by atoms with Gasteiger partial charge in [-0.2, -0.15) is 4.98 Å². The van der Waals surface area contributed by atoms with E-state index in [1.807, 2.05) is 6.20 Å². The standard InChI is InChI=1S/C14H23BrN4O/c1-5-6-16-13-17-7-11(15)12(18-13)19-8-10(2)20-14(3,4)9-19/h7,10H,5-6,8-9H2,1-4H3,(H,16,17,18). The number of aromatic nitrogens is 2. The predicted octanol–water partition coefficient (Wildman–Crippen LogP) is 3.06. The van der Waals surface area contributed by atoms with Gasteiger partial charge in [-0.25, -0.2) is 4.98 Å². The smallest absolute Gasteiger partial charge is 0.224 e. The van der Waals surface area contributed by atoms with Crippen LogP contribution in [0.5, 0.6) is 0 Å². The zero-order valence-corrected chi connectivity index (χ0v) is 14.2. The second-order valence-electron chi connectivity index (χ2n) is 5.86. The zero-order valence-electron chi connectivity index (χ0n) is 12.6. The molecule has 0 bridgehead atoms. The molecule has 1 unspecified atom stereocenters. The number of halogens is 1. The van der Waals surface area contributed by atoms with Crippen molar-refractivity contribution in [2.75, 3.05) is 29.9 Å². The van der Waals surface area contributed by atoms with Crippen molar-refractivity contribution >= 4 is 27.7 Å². The number of nitrogens with zero attached hydrogens (tertiary/aromatic N) is 3. The Labute approximate surface area is 129 Å². The van der Waals surface area contributed by atoms with Crippen molar-refractivity contribution in [1.29, 1.82) is 0 Å². The minimum atomic E-state index is -0.168. The second-order valence-corrected chi connectivity index (χ2v) is 6.71. The fraction of sp³-hybridized carbons (Fsp3) is 0.714. The summed E-state index contributed by atoms with van der Waals surface area (Å²) >= 11 is 3.56. The van der Waals surface area contributed by atoms with E-state index < -0.39 is 0 Å². The summed E-state index contributed by atoms with van der Waals surface area (Å²) in [5.41, 5.74) is -0.168. The number of anilines is 2. The van der Waals surface area contributed by atoms with Crippen LogP contribution >= 0.6 is 15.9 Å². The number of ether oxygens (including phenoxy) is 1. The lowest BCUT2D eigenvalue weighted by atomic mass is 10.1. The third-order valence-electron chi connectivity index (χ3n) is 3.13. The predicted molar refractivity (Wildman–Crippen MR) is 85.4 cm³/mol. The van der Waals surface area contributed by atoms with Crippen molar-refractivity contribution in [3.05, 3.63) is 10.7 Å². The Kier molecular flexibility index (Phi) is 4.86.